The Morgan fingerprint density at radius 3 is 2.26 bits per heavy atom. The normalized spacial score (nSPS) is 16.7. The molecule has 0 aromatic heterocycles. The lowest BCUT2D eigenvalue weighted by molar-refractivity contribution is 0.0440. The summed E-state index contributed by atoms with van der Waals surface area (Å²) in [7, 11) is 0. The predicted molar refractivity (Wildman–Crippen MR) is 168 cm³/mol. The molecular weight excluding hydrogens is 544 g/mol. The second-order valence-electron chi connectivity index (χ2n) is 11.5. The molecule has 3 aromatic rings. The van der Waals surface area contributed by atoms with Crippen molar-refractivity contribution in [2.24, 2.45) is 0 Å². The zero-order valence-electron chi connectivity index (χ0n) is 25.0. The first kappa shape index (κ1) is 31.3. The van der Waals surface area contributed by atoms with Crippen molar-refractivity contribution in [3.63, 3.8) is 0 Å². The molecule has 0 atom stereocenters. The molecule has 0 unspecified atom stereocenters. The van der Waals surface area contributed by atoms with Gasteiger partial charge in [-0.3, -0.25) is 10.1 Å². The van der Waals surface area contributed by atoms with Gasteiger partial charge in [-0.05, 0) is 100 Å². The summed E-state index contributed by atoms with van der Waals surface area (Å²) < 4.78 is 16.8. The Labute approximate surface area is 253 Å². The van der Waals surface area contributed by atoms with Gasteiger partial charge < -0.3 is 19.5 Å². The number of ether oxygens (including phenoxy) is 3. The maximum atomic E-state index is 12.9. The molecule has 226 valence electrons. The van der Waals surface area contributed by atoms with Gasteiger partial charge in [0, 0.05) is 17.2 Å². The Morgan fingerprint density at radius 1 is 0.884 bits per heavy atom. The first-order valence-electron chi connectivity index (χ1n) is 14.7. The number of rotatable bonds is 10. The number of hydrogen-bond acceptors (Lipinski definition) is 6. The van der Waals surface area contributed by atoms with E-state index in [1.807, 2.05) is 81.5 Å². The summed E-state index contributed by atoms with van der Waals surface area (Å²) in [5.41, 5.74) is 3.59. The molecule has 1 fully saturated rings. The lowest BCUT2D eigenvalue weighted by Gasteiger charge is -2.30. The molecule has 43 heavy (non-hydrogen) atoms. The van der Waals surface area contributed by atoms with Crippen LogP contribution in [-0.4, -0.2) is 42.8 Å². The van der Waals surface area contributed by atoms with Crippen molar-refractivity contribution >= 4 is 30.2 Å². The second kappa shape index (κ2) is 15.0. The van der Waals surface area contributed by atoms with Gasteiger partial charge in [-0.25, -0.2) is 9.59 Å². The molecular formula is C35H40N2O6. The van der Waals surface area contributed by atoms with Crippen molar-refractivity contribution in [1.82, 2.24) is 5.32 Å². The van der Waals surface area contributed by atoms with E-state index < -0.39 is 17.8 Å². The molecule has 0 heterocycles. The number of alkyl carbamates (subject to hydrolysis) is 1. The van der Waals surface area contributed by atoms with E-state index in [9.17, 15) is 14.4 Å². The molecule has 8 nitrogen and oxygen atoms in total. The quantitative estimate of drug-likeness (QED) is 0.185. The third-order valence-corrected chi connectivity index (χ3v) is 6.91. The molecule has 0 radical (unpaired) electrons. The molecule has 3 aromatic carbocycles. The van der Waals surface area contributed by atoms with Crippen LogP contribution < -0.4 is 15.4 Å². The molecule has 0 spiro atoms. The fraction of sp³-hybridized carbons (Fsp3) is 0.343. The fourth-order valence-corrected chi connectivity index (χ4v) is 4.83. The summed E-state index contributed by atoms with van der Waals surface area (Å²) in [4.78, 5) is 35.8. The Balaban J connectivity index is 1.31. The first-order valence-corrected chi connectivity index (χ1v) is 14.7. The predicted octanol–water partition coefficient (Wildman–Crippen LogP) is 8.03. The van der Waals surface area contributed by atoms with E-state index in [1.54, 1.807) is 24.3 Å². The molecule has 2 amide bonds. The van der Waals surface area contributed by atoms with Crippen LogP contribution in [0.1, 0.15) is 68.8 Å². The largest absolute Gasteiger partial charge is 0.493 e. The van der Waals surface area contributed by atoms with Crippen molar-refractivity contribution in [1.29, 1.82) is 0 Å². The first-order chi connectivity index (χ1) is 20.7. The number of aldehydes is 1. The molecule has 0 bridgehead atoms. The van der Waals surface area contributed by atoms with E-state index in [0.29, 0.717) is 50.0 Å². The summed E-state index contributed by atoms with van der Waals surface area (Å²) in [6.07, 6.45) is 7.20. The van der Waals surface area contributed by atoms with E-state index in [1.165, 1.54) is 0 Å². The Bertz CT molecular complexity index is 1390. The van der Waals surface area contributed by atoms with Crippen LogP contribution in [0.4, 0.5) is 15.3 Å². The minimum absolute atomic E-state index is 0.00423. The lowest BCUT2D eigenvalue weighted by Crippen LogP contribution is -2.42. The maximum absolute atomic E-state index is 12.9. The Morgan fingerprint density at radius 2 is 1.58 bits per heavy atom. The monoisotopic (exact) mass is 584 g/mol. The summed E-state index contributed by atoms with van der Waals surface area (Å²) >= 11 is 0. The van der Waals surface area contributed by atoms with Crippen LogP contribution in [0.15, 0.2) is 78.9 Å². The van der Waals surface area contributed by atoms with Crippen LogP contribution in [0, 0.1) is 0 Å². The second-order valence-corrected chi connectivity index (χ2v) is 11.5. The van der Waals surface area contributed by atoms with E-state index in [2.05, 4.69) is 10.6 Å². The number of nitrogens with one attached hydrogen (secondary N) is 2. The van der Waals surface area contributed by atoms with Crippen LogP contribution in [-0.2, 0) is 9.47 Å². The average molecular weight is 585 g/mol. The topological polar surface area (TPSA) is 103 Å². The number of carbonyl (C=O) groups excluding carboxylic acids is 3. The smallest absolute Gasteiger partial charge is 0.411 e. The molecule has 1 saturated carbocycles. The number of benzene rings is 3. The van der Waals surface area contributed by atoms with Gasteiger partial charge in [0.1, 0.15) is 23.7 Å². The van der Waals surface area contributed by atoms with Crippen molar-refractivity contribution in [2.75, 3.05) is 11.9 Å². The van der Waals surface area contributed by atoms with Gasteiger partial charge >= 0.3 is 12.2 Å². The van der Waals surface area contributed by atoms with Crippen LogP contribution in [0.5, 0.6) is 5.75 Å². The van der Waals surface area contributed by atoms with Gasteiger partial charge in [0.2, 0.25) is 0 Å². The lowest BCUT2D eigenvalue weighted by atomic mass is 9.93. The highest BCUT2D eigenvalue weighted by atomic mass is 16.6. The Kier molecular flexibility index (Phi) is 11.0. The highest BCUT2D eigenvalue weighted by molar-refractivity contribution is 5.92. The van der Waals surface area contributed by atoms with Gasteiger partial charge in [0.25, 0.3) is 0 Å². The Hall–Kier alpha value is -4.59. The maximum Gasteiger partial charge on any atom is 0.411 e. The number of hydrogen-bond donors (Lipinski definition) is 2. The van der Waals surface area contributed by atoms with E-state index >= 15 is 0 Å². The summed E-state index contributed by atoms with van der Waals surface area (Å²) in [5.74, 6) is 0.721. The molecule has 2 N–H and O–H groups in total. The standard InChI is InChI=1S/C35H40N2O6/c1-35(2,3)43-34(40)36-28-15-19-30(20-16-28)42-33(39)37-32-21-14-25(23-31(32)27-10-5-4-6-11-27)9-7-8-22-41-29-17-12-26(24-38)13-18-29/h4-7,9-14,17-18,21,23-24,28,30H,8,15-16,19-20,22H2,1-3H3,(H,36,40)(H,37,39)/b9-7+. The van der Waals surface area contributed by atoms with Crippen molar-refractivity contribution in [2.45, 2.75) is 70.6 Å². The molecule has 1 aliphatic rings. The summed E-state index contributed by atoms with van der Waals surface area (Å²) in [6, 6.07) is 22.8. The minimum atomic E-state index is -0.544. The minimum Gasteiger partial charge on any atom is -0.493 e. The van der Waals surface area contributed by atoms with Crippen LogP contribution in [0.2, 0.25) is 0 Å². The van der Waals surface area contributed by atoms with Crippen molar-refractivity contribution in [3.05, 3.63) is 90.0 Å². The van der Waals surface area contributed by atoms with E-state index in [4.69, 9.17) is 14.2 Å². The average Bonchev–Trinajstić information content (AvgIpc) is 2.98. The van der Waals surface area contributed by atoms with Crippen LogP contribution in [0.25, 0.3) is 17.2 Å². The summed E-state index contributed by atoms with van der Waals surface area (Å²) in [5, 5.41) is 5.85. The fourth-order valence-electron chi connectivity index (χ4n) is 4.83. The molecule has 0 saturated heterocycles. The van der Waals surface area contributed by atoms with Crippen molar-refractivity contribution in [3.8, 4) is 16.9 Å². The zero-order valence-corrected chi connectivity index (χ0v) is 25.0. The van der Waals surface area contributed by atoms with Crippen molar-refractivity contribution < 1.29 is 28.6 Å². The van der Waals surface area contributed by atoms with E-state index in [-0.39, 0.29) is 12.1 Å². The molecule has 0 aliphatic heterocycles. The highest BCUT2D eigenvalue weighted by Crippen LogP contribution is 2.30. The third kappa shape index (κ3) is 10.3. The highest BCUT2D eigenvalue weighted by Gasteiger charge is 2.27. The third-order valence-electron chi connectivity index (χ3n) is 6.91. The summed E-state index contributed by atoms with van der Waals surface area (Å²) in [6.45, 7) is 6.01. The van der Waals surface area contributed by atoms with Gasteiger partial charge in [-0.1, -0.05) is 48.6 Å². The zero-order chi connectivity index (χ0) is 30.7. The molecule has 8 heteroatoms. The number of anilines is 1. The number of amides is 2. The molecule has 1 aliphatic carbocycles. The van der Waals surface area contributed by atoms with E-state index in [0.717, 1.165) is 28.7 Å². The van der Waals surface area contributed by atoms with Gasteiger partial charge in [-0.2, -0.15) is 0 Å². The van der Waals surface area contributed by atoms with Gasteiger partial charge in [-0.15, -0.1) is 0 Å². The molecule has 4 rings (SSSR count). The van der Waals surface area contributed by atoms with Gasteiger partial charge in [0.15, 0.2) is 0 Å². The SMILES string of the molecule is CC(C)(C)OC(=O)NC1CCC(OC(=O)Nc2ccc(/C=C/CCOc3ccc(C=O)cc3)cc2-c2ccccc2)CC1. The van der Waals surface area contributed by atoms with Crippen LogP contribution >= 0.6 is 0 Å². The number of carbonyl (C=O) groups is 3. The van der Waals surface area contributed by atoms with Gasteiger partial charge in [0.05, 0.1) is 12.3 Å². The van der Waals surface area contributed by atoms with Crippen LogP contribution in [0.3, 0.4) is 0 Å².